The first-order valence-electron chi connectivity index (χ1n) is 10.6. The minimum atomic E-state index is -0.615. The van der Waals surface area contributed by atoms with E-state index in [0.717, 1.165) is 27.3 Å². The van der Waals surface area contributed by atoms with Crippen molar-refractivity contribution in [3.63, 3.8) is 0 Å². The van der Waals surface area contributed by atoms with Gasteiger partial charge >= 0.3 is 0 Å². The molecule has 1 aromatic carbocycles. The summed E-state index contributed by atoms with van der Waals surface area (Å²) in [5.41, 5.74) is 0.441. The van der Waals surface area contributed by atoms with Gasteiger partial charge in [-0.15, -0.1) is 0 Å². The molecule has 5 unspecified atom stereocenters. The molecular formula is C23H35ClN2OS. The zero-order chi connectivity index (χ0) is 20.6. The summed E-state index contributed by atoms with van der Waals surface area (Å²) in [6, 6.07) is 6.23. The number of carbonyl (C=O) groups is 1. The molecule has 0 saturated heterocycles. The summed E-state index contributed by atoms with van der Waals surface area (Å²) in [6.07, 6.45) is 5.15. The van der Waals surface area contributed by atoms with E-state index < -0.39 is 5.54 Å². The van der Waals surface area contributed by atoms with E-state index >= 15 is 0 Å². The van der Waals surface area contributed by atoms with E-state index in [1.54, 1.807) is 11.9 Å². The molecular weight excluding hydrogens is 388 g/mol. The van der Waals surface area contributed by atoms with E-state index in [-0.39, 0.29) is 5.91 Å². The molecule has 5 heteroatoms. The van der Waals surface area contributed by atoms with Gasteiger partial charge < -0.3 is 5.32 Å². The molecule has 5 atom stereocenters. The molecule has 0 aliphatic heterocycles. The van der Waals surface area contributed by atoms with Crippen molar-refractivity contribution in [1.29, 1.82) is 0 Å². The summed E-state index contributed by atoms with van der Waals surface area (Å²) in [6.45, 7) is 10.7. The molecule has 3 nitrogen and oxygen atoms in total. The van der Waals surface area contributed by atoms with Crippen molar-refractivity contribution in [1.82, 2.24) is 9.62 Å². The second-order valence-electron chi connectivity index (χ2n) is 9.66. The van der Waals surface area contributed by atoms with Crippen LogP contribution < -0.4 is 5.32 Å². The summed E-state index contributed by atoms with van der Waals surface area (Å²) in [7, 11) is 1.99. The Kier molecular flexibility index (Phi) is 6.73. The third-order valence-electron chi connectivity index (χ3n) is 7.00. The van der Waals surface area contributed by atoms with Crippen LogP contribution in [0.15, 0.2) is 23.1 Å². The number of benzene rings is 1. The Bertz CT molecular complexity index is 719. The van der Waals surface area contributed by atoms with Gasteiger partial charge in [0.1, 0.15) is 5.54 Å². The van der Waals surface area contributed by atoms with Gasteiger partial charge in [-0.2, -0.15) is 0 Å². The van der Waals surface area contributed by atoms with Crippen LogP contribution in [0.5, 0.6) is 0 Å². The van der Waals surface area contributed by atoms with E-state index in [9.17, 15) is 4.79 Å². The van der Waals surface area contributed by atoms with E-state index in [1.165, 1.54) is 25.7 Å². The van der Waals surface area contributed by atoms with Crippen LogP contribution in [0.4, 0.5) is 0 Å². The number of amides is 1. The minimum Gasteiger partial charge on any atom is -0.351 e. The van der Waals surface area contributed by atoms with E-state index in [1.807, 2.05) is 40.0 Å². The number of fused-ring (bicyclic) bond motifs is 2. The van der Waals surface area contributed by atoms with Gasteiger partial charge in [-0.05, 0) is 107 Å². The highest BCUT2D eigenvalue weighted by Gasteiger charge is 2.43. The quantitative estimate of drug-likeness (QED) is 0.595. The molecule has 2 bridgehead atoms. The first kappa shape index (κ1) is 22.0. The standard InChI is InChI=1S/C23H35ClN2OS/c1-14-10-17-12-15(2)21(18(11-14)13-17)25-22(27)23(4,5)26(6)28-20-9-7-8-19(24)16(20)3/h7-9,14-15,17-18,21H,10-13H2,1-6H3,(H,25,27). The maximum atomic E-state index is 13.3. The van der Waals surface area contributed by atoms with Crippen molar-refractivity contribution in [3.8, 4) is 0 Å². The fourth-order valence-corrected chi connectivity index (χ4v) is 6.33. The topological polar surface area (TPSA) is 32.3 Å². The van der Waals surface area contributed by atoms with E-state index in [2.05, 4.69) is 29.5 Å². The molecule has 2 aliphatic rings. The van der Waals surface area contributed by atoms with Gasteiger partial charge in [0.05, 0.1) is 0 Å². The highest BCUT2D eigenvalue weighted by molar-refractivity contribution is 7.97. The summed E-state index contributed by atoms with van der Waals surface area (Å²) < 4.78 is 2.06. The molecule has 3 rings (SSSR count). The van der Waals surface area contributed by atoms with Crippen LogP contribution in [0, 0.1) is 30.6 Å². The normalized spacial score (nSPS) is 30.4. The summed E-state index contributed by atoms with van der Waals surface area (Å²) in [5.74, 6) is 2.95. The molecule has 0 aromatic heterocycles. The lowest BCUT2D eigenvalue weighted by molar-refractivity contribution is -0.130. The zero-order valence-electron chi connectivity index (χ0n) is 18.1. The largest absolute Gasteiger partial charge is 0.351 e. The van der Waals surface area contributed by atoms with E-state index in [4.69, 9.17) is 11.6 Å². The Hall–Kier alpha value is -0.710. The fraction of sp³-hybridized carbons (Fsp3) is 0.696. The number of carbonyl (C=O) groups excluding carboxylic acids is 1. The molecule has 1 N–H and O–H groups in total. The minimum absolute atomic E-state index is 0.121. The number of hydrogen-bond donors (Lipinski definition) is 1. The van der Waals surface area contributed by atoms with Crippen molar-refractivity contribution < 1.29 is 4.79 Å². The van der Waals surface area contributed by atoms with Crippen molar-refractivity contribution in [2.45, 2.75) is 76.8 Å². The average molecular weight is 423 g/mol. The van der Waals surface area contributed by atoms with Gasteiger partial charge in [-0.25, -0.2) is 4.31 Å². The lowest BCUT2D eigenvalue weighted by atomic mass is 9.63. The molecule has 2 fully saturated rings. The number of hydrogen-bond acceptors (Lipinski definition) is 3. The number of nitrogens with zero attached hydrogens (tertiary/aromatic N) is 1. The Morgan fingerprint density at radius 3 is 2.64 bits per heavy atom. The van der Waals surface area contributed by atoms with Crippen LogP contribution >= 0.6 is 23.5 Å². The summed E-state index contributed by atoms with van der Waals surface area (Å²) >= 11 is 7.86. The van der Waals surface area contributed by atoms with Crippen LogP contribution in [0.25, 0.3) is 0 Å². The third kappa shape index (κ3) is 4.55. The molecule has 1 aromatic rings. The second-order valence-corrected chi connectivity index (χ2v) is 11.2. The molecule has 156 valence electrons. The predicted octanol–water partition coefficient (Wildman–Crippen LogP) is 5.94. The molecule has 28 heavy (non-hydrogen) atoms. The fourth-order valence-electron chi connectivity index (χ4n) is 5.10. The zero-order valence-corrected chi connectivity index (χ0v) is 19.7. The molecule has 0 radical (unpaired) electrons. The summed E-state index contributed by atoms with van der Waals surface area (Å²) in [5, 5.41) is 4.22. The van der Waals surface area contributed by atoms with Crippen molar-refractivity contribution in [2.24, 2.45) is 23.7 Å². The van der Waals surface area contributed by atoms with Gasteiger partial charge in [-0.3, -0.25) is 4.79 Å². The van der Waals surface area contributed by atoms with Gasteiger partial charge in [0.2, 0.25) is 5.91 Å². The molecule has 1 amide bonds. The molecule has 0 heterocycles. The van der Waals surface area contributed by atoms with Crippen molar-refractivity contribution in [3.05, 3.63) is 28.8 Å². The predicted molar refractivity (Wildman–Crippen MR) is 120 cm³/mol. The smallest absolute Gasteiger partial charge is 0.241 e. The molecule has 2 saturated carbocycles. The van der Waals surface area contributed by atoms with Crippen LogP contribution in [-0.2, 0) is 4.79 Å². The van der Waals surface area contributed by atoms with E-state index in [0.29, 0.717) is 17.9 Å². The monoisotopic (exact) mass is 422 g/mol. The Morgan fingerprint density at radius 1 is 1.21 bits per heavy atom. The highest BCUT2D eigenvalue weighted by atomic mass is 35.5. The average Bonchev–Trinajstić information content (AvgIpc) is 2.61. The maximum Gasteiger partial charge on any atom is 0.241 e. The number of halogens is 1. The number of rotatable bonds is 5. The summed E-state index contributed by atoms with van der Waals surface area (Å²) in [4.78, 5) is 14.4. The Balaban J connectivity index is 1.68. The SMILES string of the molecule is Cc1c(Cl)cccc1SN(C)C(C)(C)C(=O)NC1C(C)CC2CC(C)CC1C2. The van der Waals surface area contributed by atoms with Gasteiger partial charge in [0.25, 0.3) is 0 Å². The van der Waals surface area contributed by atoms with Gasteiger partial charge in [0.15, 0.2) is 0 Å². The second kappa shape index (κ2) is 8.57. The van der Waals surface area contributed by atoms with Crippen LogP contribution in [0.2, 0.25) is 5.02 Å². The lowest BCUT2D eigenvalue weighted by Gasteiger charge is -2.47. The Labute approximate surface area is 180 Å². The van der Waals surface area contributed by atoms with Crippen molar-refractivity contribution >= 4 is 29.5 Å². The molecule has 2 aliphatic carbocycles. The van der Waals surface area contributed by atoms with Crippen LogP contribution in [0.3, 0.4) is 0 Å². The number of nitrogens with one attached hydrogen (secondary N) is 1. The lowest BCUT2D eigenvalue weighted by Crippen LogP contribution is -2.58. The maximum absolute atomic E-state index is 13.3. The first-order chi connectivity index (χ1) is 13.1. The van der Waals surface area contributed by atoms with Crippen LogP contribution in [-0.4, -0.2) is 28.8 Å². The Morgan fingerprint density at radius 2 is 1.93 bits per heavy atom. The van der Waals surface area contributed by atoms with Crippen molar-refractivity contribution in [2.75, 3.05) is 7.05 Å². The first-order valence-corrected chi connectivity index (χ1v) is 11.7. The third-order valence-corrected chi connectivity index (χ3v) is 8.78. The highest BCUT2D eigenvalue weighted by Crippen LogP contribution is 2.45. The molecule has 0 spiro atoms. The number of likely N-dealkylation sites (N-methyl/N-ethyl adjacent to an activating group) is 1. The van der Waals surface area contributed by atoms with Gasteiger partial charge in [0, 0.05) is 16.0 Å². The van der Waals surface area contributed by atoms with Gasteiger partial charge in [-0.1, -0.05) is 31.5 Å². The van der Waals surface area contributed by atoms with Crippen LogP contribution in [0.1, 0.15) is 58.9 Å².